The minimum atomic E-state index is 0.253. The summed E-state index contributed by atoms with van der Waals surface area (Å²) in [7, 11) is 3.85. The lowest BCUT2D eigenvalue weighted by atomic mass is 9.73. The Bertz CT molecular complexity index is 406. The number of rotatable bonds is 4. The predicted octanol–water partition coefficient (Wildman–Crippen LogP) is 3.82. The molecule has 19 heavy (non-hydrogen) atoms. The molecule has 106 valence electrons. The highest BCUT2D eigenvalue weighted by molar-refractivity contribution is 5.43. The first-order valence-corrected chi connectivity index (χ1v) is 7.51. The van der Waals surface area contributed by atoms with Gasteiger partial charge in [-0.25, -0.2) is 0 Å². The summed E-state index contributed by atoms with van der Waals surface area (Å²) in [4.78, 5) is 0. The van der Waals surface area contributed by atoms with Crippen molar-refractivity contribution in [1.29, 1.82) is 0 Å². The van der Waals surface area contributed by atoms with Gasteiger partial charge >= 0.3 is 0 Å². The molecule has 1 aliphatic carbocycles. The Labute approximate surface area is 117 Å². The molecule has 0 unspecified atom stereocenters. The lowest BCUT2D eigenvalue weighted by Crippen LogP contribution is -2.37. The second kappa shape index (κ2) is 6.42. The van der Waals surface area contributed by atoms with E-state index in [0.717, 1.165) is 12.3 Å². The van der Waals surface area contributed by atoms with Crippen LogP contribution in [0.1, 0.15) is 49.7 Å². The molecule has 1 N–H and O–H groups in total. The highest BCUT2D eigenvalue weighted by Crippen LogP contribution is 2.42. The monoisotopic (exact) mass is 261 g/mol. The topological polar surface area (TPSA) is 21.3 Å². The van der Waals surface area contributed by atoms with E-state index in [0.29, 0.717) is 0 Å². The standard InChI is InChI=1S/C17H27NO/c1-14-8-9-16(19-3)15(12-14)17(13-18-2)10-6-4-5-7-11-17/h8-9,12,18H,4-7,10-11,13H2,1-3H3. The minimum Gasteiger partial charge on any atom is -0.496 e. The summed E-state index contributed by atoms with van der Waals surface area (Å²) < 4.78 is 5.64. The number of aryl methyl sites for hydroxylation is 1. The maximum absolute atomic E-state index is 5.64. The molecule has 0 heterocycles. The van der Waals surface area contributed by atoms with Crippen LogP contribution in [0.4, 0.5) is 0 Å². The molecule has 1 aromatic carbocycles. The normalized spacial score (nSPS) is 18.9. The number of hydrogen-bond acceptors (Lipinski definition) is 2. The number of likely N-dealkylation sites (N-methyl/N-ethyl adjacent to an activating group) is 1. The molecule has 0 aromatic heterocycles. The maximum Gasteiger partial charge on any atom is 0.122 e. The third kappa shape index (κ3) is 3.11. The third-order valence-corrected chi connectivity index (χ3v) is 4.50. The molecule has 1 saturated carbocycles. The number of ether oxygens (including phenoxy) is 1. The summed E-state index contributed by atoms with van der Waals surface area (Å²) in [6.45, 7) is 3.22. The molecule has 1 aliphatic rings. The Balaban J connectivity index is 2.44. The molecule has 0 radical (unpaired) electrons. The van der Waals surface area contributed by atoms with Crippen LogP contribution in [0.15, 0.2) is 18.2 Å². The van der Waals surface area contributed by atoms with Gasteiger partial charge in [-0.1, -0.05) is 43.4 Å². The fourth-order valence-electron chi connectivity index (χ4n) is 3.52. The number of methoxy groups -OCH3 is 1. The van der Waals surface area contributed by atoms with Gasteiger partial charge < -0.3 is 10.1 Å². The van der Waals surface area contributed by atoms with E-state index in [1.54, 1.807) is 7.11 Å². The van der Waals surface area contributed by atoms with Crippen molar-refractivity contribution in [3.8, 4) is 5.75 Å². The number of nitrogens with one attached hydrogen (secondary N) is 1. The molecular formula is C17H27NO. The Kier molecular flexibility index (Phi) is 4.87. The Morgan fingerprint density at radius 2 is 1.84 bits per heavy atom. The predicted molar refractivity (Wildman–Crippen MR) is 81.0 cm³/mol. The van der Waals surface area contributed by atoms with Gasteiger partial charge in [-0.15, -0.1) is 0 Å². The van der Waals surface area contributed by atoms with E-state index in [2.05, 4.69) is 37.5 Å². The van der Waals surface area contributed by atoms with E-state index in [4.69, 9.17) is 4.74 Å². The minimum absolute atomic E-state index is 0.253. The van der Waals surface area contributed by atoms with E-state index in [1.165, 1.54) is 49.7 Å². The van der Waals surface area contributed by atoms with Crippen LogP contribution in [0.5, 0.6) is 5.75 Å². The lowest BCUT2D eigenvalue weighted by Gasteiger charge is -2.35. The number of benzene rings is 1. The molecule has 2 rings (SSSR count). The molecule has 0 spiro atoms. The van der Waals surface area contributed by atoms with Crippen LogP contribution in [-0.2, 0) is 5.41 Å². The smallest absolute Gasteiger partial charge is 0.122 e. The Morgan fingerprint density at radius 3 is 2.42 bits per heavy atom. The summed E-state index contributed by atoms with van der Waals surface area (Å²) in [5.74, 6) is 1.06. The summed E-state index contributed by atoms with van der Waals surface area (Å²) in [5, 5.41) is 3.42. The van der Waals surface area contributed by atoms with Crippen LogP contribution >= 0.6 is 0 Å². The highest BCUT2D eigenvalue weighted by Gasteiger charge is 2.34. The van der Waals surface area contributed by atoms with Crippen LogP contribution in [0.2, 0.25) is 0 Å². The average Bonchev–Trinajstić information content (AvgIpc) is 2.66. The summed E-state index contributed by atoms with van der Waals surface area (Å²) in [5.41, 5.74) is 2.99. The molecule has 2 nitrogen and oxygen atoms in total. The van der Waals surface area contributed by atoms with Gasteiger partial charge in [0, 0.05) is 17.5 Å². The van der Waals surface area contributed by atoms with Crippen LogP contribution in [-0.4, -0.2) is 20.7 Å². The van der Waals surface area contributed by atoms with Gasteiger partial charge in [-0.2, -0.15) is 0 Å². The molecule has 0 aliphatic heterocycles. The summed E-state index contributed by atoms with van der Waals surface area (Å²) >= 11 is 0. The van der Waals surface area contributed by atoms with Gasteiger partial charge in [-0.05, 0) is 32.9 Å². The van der Waals surface area contributed by atoms with Crippen molar-refractivity contribution in [1.82, 2.24) is 5.32 Å². The molecule has 2 heteroatoms. The fourth-order valence-corrected chi connectivity index (χ4v) is 3.52. The van der Waals surface area contributed by atoms with Crippen LogP contribution in [0, 0.1) is 6.92 Å². The second-order valence-corrected chi connectivity index (χ2v) is 5.93. The molecule has 1 aromatic rings. The third-order valence-electron chi connectivity index (χ3n) is 4.50. The van der Waals surface area contributed by atoms with E-state index in [9.17, 15) is 0 Å². The summed E-state index contributed by atoms with van der Waals surface area (Å²) in [6, 6.07) is 6.61. The van der Waals surface area contributed by atoms with Crippen LogP contribution in [0.3, 0.4) is 0 Å². The van der Waals surface area contributed by atoms with E-state index in [-0.39, 0.29) is 5.41 Å². The van der Waals surface area contributed by atoms with Gasteiger partial charge in [0.25, 0.3) is 0 Å². The van der Waals surface area contributed by atoms with Gasteiger partial charge in [0.05, 0.1) is 7.11 Å². The highest BCUT2D eigenvalue weighted by atomic mass is 16.5. The molecule has 0 bridgehead atoms. The van der Waals surface area contributed by atoms with E-state index in [1.807, 2.05) is 0 Å². The molecule has 0 saturated heterocycles. The van der Waals surface area contributed by atoms with Crippen molar-refractivity contribution >= 4 is 0 Å². The Hall–Kier alpha value is -1.02. The SMILES string of the molecule is CNCC1(c2cc(C)ccc2OC)CCCCCC1. The fraction of sp³-hybridized carbons (Fsp3) is 0.647. The molecule has 1 fully saturated rings. The summed E-state index contributed by atoms with van der Waals surface area (Å²) in [6.07, 6.45) is 7.96. The zero-order valence-corrected chi connectivity index (χ0v) is 12.6. The first-order valence-electron chi connectivity index (χ1n) is 7.51. The molecular weight excluding hydrogens is 234 g/mol. The molecule has 0 atom stereocenters. The van der Waals surface area contributed by atoms with Crippen molar-refractivity contribution in [3.63, 3.8) is 0 Å². The van der Waals surface area contributed by atoms with Crippen LogP contribution in [0.25, 0.3) is 0 Å². The quantitative estimate of drug-likeness (QED) is 0.832. The van der Waals surface area contributed by atoms with Crippen molar-refractivity contribution in [2.75, 3.05) is 20.7 Å². The van der Waals surface area contributed by atoms with E-state index >= 15 is 0 Å². The lowest BCUT2D eigenvalue weighted by molar-refractivity contribution is 0.331. The first-order chi connectivity index (χ1) is 9.22. The van der Waals surface area contributed by atoms with Crippen molar-refractivity contribution in [2.24, 2.45) is 0 Å². The Morgan fingerprint density at radius 1 is 1.16 bits per heavy atom. The largest absolute Gasteiger partial charge is 0.496 e. The van der Waals surface area contributed by atoms with Crippen LogP contribution < -0.4 is 10.1 Å². The maximum atomic E-state index is 5.64. The van der Waals surface area contributed by atoms with Gasteiger partial charge in [0.15, 0.2) is 0 Å². The zero-order valence-electron chi connectivity index (χ0n) is 12.6. The van der Waals surface area contributed by atoms with Gasteiger partial charge in [0.1, 0.15) is 5.75 Å². The number of hydrogen-bond donors (Lipinski definition) is 1. The zero-order chi connectivity index (χ0) is 13.7. The van der Waals surface area contributed by atoms with Gasteiger partial charge in [-0.3, -0.25) is 0 Å². The second-order valence-electron chi connectivity index (χ2n) is 5.93. The average molecular weight is 261 g/mol. The van der Waals surface area contributed by atoms with Crippen molar-refractivity contribution in [2.45, 2.75) is 50.9 Å². The van der Waals surface area contributed by atoms with E-state index < -0.39 is 0 Å². The van der Waals surface area contributed by atoms with Gasteiger partial charge in [0.2, 0.25) is 0 Å². The van der Waals surface area contributed by atoms with Crippen molar-refractivity contribution < 1.29 is 4.74 Å². The molecule has 0 amide bonds. The first kappa shape index (κ1) is 14.4. The van der Waals surface area contributed by atoms with Crippen molar-refractivity contribution in [3.05, 3.63) is 29.3 Å².